The number of benzene rings is 1. The molecule has 3 rings (SSSR count). The lowest BCUT2D eigenvalue weighted by Gasteiger charge is -2.34. The Morgan fingerprint density at radius 3 is 2.52 bits per heavy atom. The van der Waals surface area contributed by atoms with Crippen LogP contribution in [0.5, 0.6) is 5.75 Å². The van der Waals surface area contributed by atoms with Crippen molar-refractivity contribution in [2.45, 2.75) is 6.92 Å². The number of rotatable bonds is 7. The first-order chi connectivity index (χ1) is 14.0. The molecule has 29 heavy (non-hydrogen) atoms. The highest BCUT2D eigenvalue weighted by Crippen LogP contribution is 2.24. The van der Waals surface area contributed by atoms with E-state index in [1.54, 1.807) is 31.6 Å². The van der Waals surface area contributed by atoms with E-state index >= 15 is 0 Å². The van der Waals surface area contributed by atoms with E-state index in [1.807, 2.05) is 19.1 Å². The summed E-state index contributed by atoms with van der Waals surface area (Å²) in [5.41, 5.74) is 1.59. The van der Waals surface area contributed by atoms with Crippen molar-refractivity contribution in [1.29, 1.82) is 0 Å². The third-order valence-corrected chi connectivity index (χ3v) is 4.65. The van der Waals surface area contributed by atoms with Crippen molar-refractivity contribution < 1.29 is 14.3 Å². The largest absolute Gasteiger partial charge is 0.495 e. The standard InChI is InChI=1S/C20H26N6O3/c1-15-4-5-17(29-2)16(12-15)24-18(27)13-23-19(28)14-25-8-10-26(11-9-25)20-21-6-3-7-22-20/h3-7,12H,8-11,13-14H2,1-2H3,(H,23,28)(H,24,27). The van der Waals surface area contributed by atoms with Gasteiger partial charge in [0.2, 0.25) is 17.8 Å². The Hall–Kier alpha value is -3.20. The first-order valence-electron chi connectivity index (χ1n) is 9.50. The molecule has 0 radical (unpaired) electrons. The molecule has 0 bridgehead atoms. The monoisotopic (exact) mass is 398 g/mol. The lowest BCUT2D eigenvalue weighted by atomic mass is 10.2. The summed E-state index contributed by atoms with van der Waals surface area (Å²) in [5.74, 6) is 0.810. The average molecular weight is 398 g/mol. The number of hydrogen-bond acceptors (Lipinski definition) is 7. The molecule has 2 N–H and O–H groups in total. The van der Waals surface area contributed by atoms with Crippen LogP contribution in [0, 0.1) is 6.92 Å². The van der Waals surface area contributed by atoms with E-state index in [1.165, 1.54) is 0 Å². The molecule has 2 aromatic rings. The summed E-state index contributed by atoms with van der Waals surface area (Å²) in [6, 6.07) is 7.31. The maximum absolute atomic E-state index is 12.2. The number of anilines is 2. The van der Waals surface area contributed by atoms with Gasteiger partial charge in [-0.1, -0.05) is 6.07 Å². The number of amides is 2. The summed E-state index contributed by atoms with van der Waals surface area (Å²) < 4.78 is 5.25. The molecule has 0 unspecified atom stereocenters. The molecule has 1 saturated heterocycles. The zero-order chi connectivity index (χ0) is 20.6. The molecule has 2 heterocycles. The normalized spacial score (nSPS) is 14.3. The van der Waals surface area contributed by atoms with Crippen LogP contribution in [0.1, 0.15) is 5.56 Å². The molecular formula is C20H26N6O3. The molecule has 0 spiro atoms. The van der Waals surface area contributed by atoms with Crippen LogP contribution in [0.3, 0.4) is 0 Å². The van der Waals surface area contributed by atoms with E-state index in [9.17, 15) is 9.59 Å². The Morgan fingerprint density at radius 2 is 1.83 bits per heavy atom. The number of piperazine rings is 1. The van der Waals surface area contributed by atoms with E-state index in [2.05, 4.69) is 30.4 Å². The van der Waals surface area contributed by atoms with Gasteiger partial charge in [-0.25, -0.2) is 9.97 Å². The van der Waals surface area contributed by atoms with Gasteiger partial charge in [-0.3, -0.25) is 14.5 Å². The van der Waals surface area contributed by atoms with Crippen LogP contribution >= 0.6 is 0 Å². The van der Waals surface area contributed by atoms with Gasteiger partial charge in [-0.2, -0.15) is 0 Å². The van der Waals surface area contributed by atoms with Gasteiger partial charge in [0.05, 0.1) is 25.9 Å². The average Bonchev–Trinajstić information content (AvgIpc) is 2.74. The summed E-state index contributed by atoms with van der Waals surface area (Å²) >= 11 is 0. The predicted molar refractivity (Wildman–Crippen MR) is 110 cm³/mol. The lowest BCUT2D eigenvalue weighted by Crippen LogP contribution is -2.50. The van der Waals surface area contributed by atoms with Crippen LogP contribution in [0.15, 0.2) is 36.7 Å². The van der Waals surface area contributed by atoms with Gasteiger partial charge in [-0.15, -0.1) is 0 Å². The zero-order valence-electron chi connectivity index (χ0n) is 16.7. The molecule has 0 saturated carbocycles. The summed E-state index contributed by atoms with van der Waals surface area (Å²) in [4.78, 5) is 37.0. The predicted octanol–water partition coefficient (Wildman–Crippen LogP) is 0.671. The fourth-order valence-corrected chi connectivity index (χ4v) is 3.11. The van der Waals surface area contributed by atoms with Crippen molar-refractivity contribution in [1.82, 2.24) is 20.2 Å². The topological polar surface area (TPSA) is 99.7 Å². The fraction of sp³-hybridized carbons (Fsp3) is 0.400. The summed E-state index contributed by atoms with van der Waals surface area (Å²) in [5, 5.41) is 5.45. The molecule has 1 fully saturated rings. The zero-order valence-corrected chi connectivity index (χ0v) is 16.7. The minimum atomic E-state index is -0.298. The Morgan fingerprint density at radius 1 is 1.10 bits per heavy atom. The van der Waals surface area contributed by atoms with Crippen LogP contribution < -0.4 is 20.3 Å². The van der Waals surface area contributed by atoms with Crippen molar-refractivity contribution in [3.05, 3.63) is 42.2 Å². The lowest BCUT2D eigenvalue weighted by molar-refractivity contribution is -0.125. The number of carbonyl (C=O) groups excluding carboxylic acids is 2. The summed E-state index contributed by atoms with van der Waals surface area (Å²) in [7, 11) is 1.55. The van der Waals surface area contributed by atoms with Crippen LogP contribution in [-0.4, -0.2) is 73.1 Å². The van der Waals surface area contributed by atoms with Gasteiger partial charge in [0.15, 0.2) is 0 Å². The molecule has 154 valence electrons. The van der Waals surface area contributed by atoms with Gasteiger partial charge in [-0.05, 0) is 30.7 Å². The molecule has 1 aliphatic heterocycles. The second-order valence-corrected chi connectivity index (χ2v) is 6.84. The van der Waals surface area contributed by atoms with Crippen molar-refractivity contribution in [2.75, 3.05) is 56.6 Å². The van der Waals surface area contributed by atoms with Crippen molar-refractivity contribution in [2.24, 2.45) is 0 Å². The smallest absolute Gasteiger partial charge is 0.243 e. The number of methoxy groups -OCH3 is 1. The van der Waals surface area contributed by atoms with Gasteiger partial charge in [0.25, 0.3) is 0 Å². The summed E-state index contributed by atoms with van der Waals surface area (Å²) in [6.07, 6.45) is 3.44. The molecule has 0 aliphatic carbocycles. The maximum atomic E-state index is 12.2. The Kier molecular flexibility index (Phi) is 6.96. The molecule has 9 heteroatoms. The second-order valence-electron chi connectivity index (χ2n) is 6.84. The van der Waals surface area contributed by atoms with Crippen LogP contribution in [0.25, 0.3) is 0 Å². The van der Waals surface area contributed by atoms with Gasteiger partial charge in [0, 0.05) is 38.6 Å². The molecular weight excluding hydrogens is 372 g/mol. The minimum Gasteiger partial charge on any atom is -0.495 e. The number of hydrogen-bond donors (Lipinski definition) is 2. The van der Waals surface area contributed by atoms with Crippen molar-refractivity contribution in [3.63, 3.8) is 0 Å². The molecule has 2 amide bonds. The highest BCUT2D eigenvalue weighted by atomic mass is 16.5. The van der Waals surface area contributed by atoms with Crippen LogP contribution in [0.2, 0.25) is 0 Å². The van der Waals surface area contributed by atoms with Crippen molar-refractivity contribution in [3.8, 4) is 5.75 Å². The van der Waals surface area contributed by atoms with E-state index in [4.69, 9.17) is 4.74 Å². The number of nitrogens with zero attached hydrogens (tertiary/aromatic N) is 4. The van der Waals surface area contributed by atoms with E-state index in [0.29, 0.717) is 17.4 Å². The minimum absolute atomic E-state index is 0.0895. The number of nitrogens with one attached hydrogen (secondary N) is 2. The highest BCUT2D eigenvalue weighted by Gasteiger charge is 2.20. The number of aryl methyl sites for hydroxylation is 1. The number of aromatic nitrogens is 2. The van der Waals surface area contributed by atoms with Crippen molar-refractivity contribution >= 4 is 23.5 Å². The van der Waals surface area contributed by atoms with E-state index in [-0.39, 0.29) is 24.9 Å². The Balaban J connectivity index is 1.40. The Labute approximate surface area is 170 Å². The molecule has 1 aromatic carbocycles. The third-order valence-electron chi connectivity index (χ3n) is 4.65. The molecule has 9 nitrogen and oxygen atoms in total. The quantitative estimate of drug-likeness (QED) is 0.707. The molecule has 1 aromatic heterocycles. The van der Waals surface area contributed by atoms with Crippen LogP contribution in [-0.2, 0) is 9.59 Å². The number of carbonyl (C=O) groups is 2. The third kappa shape index (κ3) is 5.89. The van der Waals surface area contributed by atoms with Gasteiger partial charge < -0.3 is 20.3 Å². The molecule has 0 atom stereocenters. The van der Waals surface area contributed by atoms with Gasteiger partial charge >= 0.3 is 0 Å². The summed E-state index contributed by atoms with van der Waals surface area (Å²) in [6.45, 7) is 5.07. The fourth-order valence-electron chi connectivity index (χ4n) is 3.11. The first-order valence-corrected chi connectivity index (χ1v) is 9.50. The first kappa shape index (κ1) is 20.5. The maximum Gasteiger partial charge on any atom is 0.243 e. The SMILES string of the molecule is COc1ccc(C)cc1NC(=O)CNC(=O)CN1CCN(c2ncccn2)CC1. The molecule has 1 aliphatic rings. The van der Waals surface area contributed by atoms with E-state index < -0.39 is 0 Å². The Bertz CT molecular complexity index is 837. The van der Waals surface area contributed by atoms with Crippen LogP contribution in [0.4, 0.5) is 11.6 Å². The second kappa shape index (κ2) is 9.83. The van der Waals surface area contributed by atoms with Gasteiger partial charge in [0.1, 0.15) is 5.75 Å². The van der Waals surface area contributed by atoms with E-state index in [0.717, 1.165) is 31.7 Å². The highest BCUT2D eigenvalue weighted by molar-refractivity contribution is 5.96. The number of ether oxygens (including phenoxy) is 1.